The molecule has 0 saturated carbocycles. The molecule has 4 rings (SSSR count). The van der Waals surface area contributed by atoms with E-state index in [9.17, 15) is 13.2 Å². The van der Waals surface area contributed by atoms with Crippen LogP contribution in [0.3, 0.4) is 0 Å². The standard InChI is InChI=1S/C20H25N5O3S/c1-14(2)18(22-19-16-5-3-4-6-17(16)29(27,28)23-19)20(26)24-10-7-15(8-11-24)25-12-9-21-13-25/h3-6,9,12-15,18H,7-8,10-11H2,1-2H3,(H,22,23)/t18-/m0/s1. The first-order chi connectivity index (χ1) is 13.9. The molecule has 1 saturated heterocycles. The first-order valence-corrected chi connectivity index (χ1v) is 11.3. The minimum atomic E-state index is -3.62. The molecule has 9 heteroatoms. The third kappa shape index (κ3) is 3.78. The van der Waals surface area contributed by atoms with Crippen molar-refractivity contribution in [1.82, 2.24) is 19.2 Å². The molecule has 1 N–H and O–H groups in total. The second kappa shape index (κ2) is 7.62. The van der Waals surface area contributed by atoms with Gasteiger partial charge in [0, 0.05) is 37.1 Å². The Bertz CT molecular complexity index is 1020. The average molecular weight is 416 g/mol. The SMILES string of the molecule is CC(C)[C@H](N=C1NS(=O)(=O)c2ccccc21)C(=O)N1CCC(n2ccnc2)CC1. The third-order valence-electron chi connectivity index (χ3n) is 5.54. The van der Waals surface area contributed by atoms with Gasteiger partial charge in [-0.05, 0) is 30.9 Å². The highest BCUT2D eigenvalue weighted by molar-refractivity contribution is 7.90. The van der Waals surface area contributed by atoms with Crippen LogP contribution in [0.4, 0.5) is 0 Å². The van der Waals surface area contributed by atoms with Crippen LogP contribution in [0, 0.1) is 5.92 Å². The molecule has 8 nitrogen and oxygen atoms in total. The lowest BCUT2D eigenvalue weighted by Crippen LogP contribution is -2.45. The number of piperidine rings is 1. The molecule has 0 bridgehead atoms. The number of hydrogen-bond acceptors (Lipinski definition) is 5. The quantitative estimate of drug-likeness (QED) is 0.824. The number of hydrogen-bond donors (Lipinski definition) is 1. The fraction of sp³-hybridized carbons (Fsp3) is 0.450. The number of aliphatic imine (C=N–C) groups is 1. The van der Waals surface area contributed by atoms with Crippen molar-refractivity contribution in [3.63, 3.8) is 0 Å². The van der Waals surface area contributed by atoms with Gasteiger partial charge < -0.3 is 9.47 Å². The van der Waals surface area contributed by atoms with Gasteiger partial charge in [0.25, 0.3) is 10.0 Å². The van der Waals surface area contributed by atoms with Crippen molar-refractivity contribution >= 4 is 21.8 Å². The molecule has 2 aromatic rings. The van der Waals surface area contributed by atoms with Crippen LogP contribution in [0.1, 0.15) is 38.3 Å². The number of aromatic nitrogens is 2. The number of nitrogens with zero attached hydrogens (tertiary/aromatic N) is 4. The number of amidine groups is 1. The topological polar surface area (TPSA) is 96.7 Å². The zero-order valence-corrected chi connectivity index (χ0v) is 17.3. The maximum absolute atomic E-state index is 13.2. The van der Waals surface area contributed by atoms with Gasteiger partial charge in [0.15, 0.2) is 0 Å². The third-order valence-corrected chi connectivity index (χ3v) is 6.94. The van der Waals surface area contributed by atoms with Gasteiger partial charge in [-0.3, -0.25) is 14.5 Å². The Kier molecular flexibility index (Phi) is 5.16. The summed E-state index contributed by atoms with van der Waals surface area (Å²) in [5, 5.41) is 0. The van der Waals surface area contributed by atoms with Crippen LogP contribution in [-0.2, 0) is 14.8 Å². The van der Waals surface area contributed by atoms with Gasteiger partial charge in [0.2, 0.25) is 5.91 Å². The molecule has 1 aromatic carbocycles. The maximum Gasteiger partial charge on any atom is 0.263 e. The summed E-state index contributed by atoms with van der Waals surface area (Å²) in [5.74, 6) is 0.139. The molecule has 1 atom stereocenters. The zero-order chi connectivity index (χ0) is 20.6. The molecule has 1 fully saturated rings. The van der Waals surface area contributed by atoms with E-state index in [0.29, 0.717) is 24.7 Å². The minimum Gasteiger partial charge on any atom is -0.341 e. The molecule has 2 aliphatic heterocycles. The number of rotatable bonds is 4. The van der Waals surface area contributed by atoms with Crippen LogP contribution in [0.25, 0.3) is 0 Å². The van der Waals surface area contributed by atoms with E-state index < -0.39 is 16.1 Å². The van der Waals surface area contributed by atoms with E-state index >= 15 is 0 Å². The van der Waals surface area contributed by atoms with Crippen molar-refractivity contribution in [2.45, 2.75) is 43.7 Å². The number of fused-ring (bicyclic) bond motifs is 1. The van der Waals surface area contributed by atoms with Gasteiger partial charge in [-0.25, -0.2) is 13.4 Å². The summed E-state index contributed by atoms with van der Waals surface area (Å²) in [5.41, 5.74) is 0.518. The number of nitrogens with one attached hydrogen (secondary N) is 1. The Morgan fingerprint density at radius 1 is 1.24 bits per heavy atom. The van der Waals surface area contributed by atoms with E-state index in [0.717, 1.165) is 12.8 Å². The van der Waals surface area contributed by atoms with Gasteiger partial charge in [-0.2, -0.15) is 0 Å². The van der Waals surface area contributed by atoms with E-state index in [4.69, 9.17) is 0 Å². The second-order valence-electron chi connectivity index (χ2n) is 7.83. The van der Waals surface area contributed by atoms with Crippen LogP contribution in [0.2, 0.25) is 0 Å². The van der Waals surface area contributed by atoms with Crippen molar-refractivity contribution < 1.29 is 13.2 Å². The second-order valence-corrected chi connectivity index (χ2v) is 9.49. The molecule has 2 aliphatic rings. The Morgan fingerprint density at radius 2 is 1.97 bits per heavy atom. The molecule has 1 amide bonds. The van der Waals surface area contributed by atoms with Crippen molar-refractivity contribution in [2.24, 2.45) is 10.9 Å². The van der Waals surface area contributed by atoms with Gasteiger partial charge in [0.05, 0.1) is 11.2 Å². The van der Waals surface area contributed by atoms with Crippen LogP contribution >= 0.6 is 0 Å². The number of likely N-dealkylation sites (tertiary alicyclic amines) is 1. The number of imidazole rings is 1. The highest BCUT2D eigenvalue weighted by atomic mass is 32.2. The van der Waals surface area contributed by atoms with E-state index in [2.05, 4.69) is 19.3 Å². The summed E-state index contributed by atoms with van der Waals surface area (Å²) in [6.45, 7) is 5.16. The van der Waals surface area contributed by atoms with E-state index in [1.807, 2.05) is 31.3 Å². The fourth-order valence-corrected chi connectivity index (χ4v) is 5.15. The lowest BCUT2D eigenvalue weighted by Gasteiger charge is -2.34. The Balaban J connectivity index is 1.53. The number of benzene rings is 1. The smallest absolute Gasteiger partial charge is 0.263 e. The van der Waals surface area contributed by atoms with E-state index in [-0.39, 0.29) is 22.6 Å². The molecule has 0 unspecified atom stereocenters. The molecule has 0 radical (unpaired) electrons. The lowest BCUT2D eigenvalue weighted by atomic mass is 9.99. The predicted molar refractivity (Wildman–Crippen MR) is 109 cm³/mol. The van der Waals surface area contributed by atoms with Gasteiger partial charge in [-0.1, -0.05) is 26.0 Å². The van der Waals surface area contributed by atoms with Gasteiger partial charge >= 0.3 is 0 Å². The average Bonchev–Trinajstić information content (AvgIpc) is 3.33. The predicted octanol–water partition coefficient (Wildman–Crippen LogP) is 1.81. The minimum absolute atomic E-state index is 0.0554. The molecule has 3 heterocycles. The van der Waals surface area contributed by atoms with Crippen molar-refractivity contribution in [1.29, 1.82) is 0 Å². The Hall–Kier alpha value is -2.68. The first-order valence-electron chi connectivity index (χ1n) is 9.83. The molecular weight excluding hydrogens is 390 g/mol. The van der Waals surface area contributed by atoms with Crippen molar-refractivity contribution in [2.75, 3.05) is 13.1 Å². The molecule has 1 aromatic heterocycles. The van der Waals surface area contributed by atoms with Crippen molar-refractivity contribution in [3.8, 4) is 0 Å². The molecule has 29 heavy (non-hydrogen) atoms. The van der Waals surface area contributed by atoms with Crippen LogP contribution < -0.4 is 4.72 Å². The van der Waals surface area contributed by atoms with Crippen LogP contribution in [0.15, 0.2) is 52.9 Å². The number of carbonyl (C=O) groups excluding carboxylic acids is 1. The first kappa shape index (κ1) is 19.6. The zero-order valence-electron chi connectivity index (χ0n) is 16.5. The maximum atomic E-state index is 13.2. The highest BCUT2D eigenvalue weighted by Gasteiger charge is 2.34. The summed E-state index contributed by atoms with van der Waals surface area (Å²) >= 11 is 0. The van der Waals surface area contributed by atoms with E-state index in [1.165, 1.54) is 0 Å². The Labute approximate surface area is 170 Å². The number of sulfonamides is 1. The normalized spacial score (nSPS) is 21.2. The van der Waals surface area contributed by atoms with Crippen LogP contribution in [-0.4, -0.2) is 53.7 Å². The van der Waals surface area contributed by atoms with E-state index in [1.54, 1.807) is 30.5 Å². The fourth-order valence-electron chi connectivity index (χ4n) is 3.92. The van der Waals surface area contributed by atoms with Crippen molar-refractivity contribution in [3.05, 3.63) is 48.5 Å². The summed E-state index contributed by atoms with van der Waals surface area (Å²) < 4.78 is 29.3. The molecular formula is C20H25N5O3S. The molecule has 154 valence electrons. The van der Waals surface area contributed by atoms with Gasteiger partial charge in [-0.15, -0.1) is 0 Å². The summed E-state index contributed by atoms with van der Waals surface area (Å²) in [4.78, 5) is 23.9. The number of carbonyl (C=O) groups is 1. The summed E-state index contributed by atoms with van der Waals surface area (Å²) in [6, 6.07) is 6.42. The largest absolute Gasteiger partial charge is 0.341 e. The van der Waals surface area contributed by atoms with Gasteiger partial charge in [0.1, 0.15) is 11.9 Å². The molecule has 0 spiro atoms. The summed E-state index contributed by atoms with van der Waals surface area (Å²) in [6.07, 6.45) is 7.25. The summed E-state index contributed by atoms with van der Waals surface area (Å²) in [7, 11) is -3.62. The highest BCUT2D eigenvalue weighted by Crippen LogP contribution is 2.26. The Morgan fingerprint density at radius 3 is 2.62 bits per heavy atom. The van der Waals surface area contributed by atoms with Crippen LogP contribution in [0.5, 0.6) is 0 Å². The number of amides is 1. The lowest BCUT2D eigenvalue weighted by molar-refractivity contribution is -0.134. The molecule has 0 aliphatic carbocycles. The monoisotopic (exact) mass is 415 g/mol.